The molecule has 2 nitrogen and oxygen atoms in total. The van der Waals surface area contributed by atoms with Crippen LogP contribution in [0.1, 0.15) is 41.2 Å². The van der Waals surface area contributed by atoms with Gasteiger partial charge in [0.1, 0.15) is 11.5 Å². The van der Waals surface area contributed by atoms with Gasteiger partial charge in [-0.25, -0.2) is 0 Å². The molecule has 0 saturated heterocycles. The number of aromatic hydroxyl groups is 1. The van der Waals surface area contributed by atoms with E-state index in [0.29, 0.717) is 5.75 Å². The molecule has 0 spiro atoms. The number of hydrogen-bond donors (Lipinski definition) is 1. The van der Waals surface area contributed by atoms with Crippen molar-refractivity contribution in [3.8, 4) is 23.3 Å². The van der Waals surface area contributed by atoms with Crippen molar-refractivity contribution in [2.24, 2.45) is 0 Å². The number of benzene rings is 2. The van der Waals surface area contributed by atoms with Gasteiger partial charge in [0.2, 0.25) is 0 Å². The van der Waals surface area contributed by atoms with Crippen molar-refractivity contribution in [2.45, 2.75) is 46.1 Å². The van der Waals surface area contributed by atoms with E-state index in [1.54, 1.807) is 0 Å². The van der Waals surface area contributed by atoms with Gasteiger partial charge in [0.05, 0.1) is 0 Å². The number of phenols is 1. The lowest BCUT2D eigenvalue weighted by Crippen LogP contribution is -2.35. The van der Waals surface area contributed by atoms with Crippen LogP contribution < -0.4 is 4.74 Å². The Labute approximate surface area is 138 Å². The second kappa shape index (κ2) is 5.66. The maximum absolute atomic E-state index is 10.2. The molecule has 3 rings (SSSR count). The second-order valence-corrected chi connectivity index (χ2v) is 6.48. The molecular weight excluding hydrogens is 284 g/mol. The van der Waals surface area contributed by atoms with Crippen molar-refractivity contribution in [1.82, 2.24) is 0 Å². The fourth-order valence-corrected chi connectivity index (χ4v) is 3.06. The summed E-state index contributed by atoms with van der Waals surface area (Å²) >= 11 is 0. The second-order valence-electron chi connectivity index (χ2n) is 6.48. The lowest BCUT2D eigenvalue weighted by atomic mass is 9.87. The van der Waals surface area contributed by atoms with Gasteiger partial charge in [-0.3, -0.25) is 0 Å². The number of fused-ring (bicyclic) bond motifs is 1. The zero-order chi connectivity index (χ0) is 16.6. The van der Waals surface area contributed by atoms with E-state index < -0.39 is 5.60 Å². The summed E-state index contributed by atoms with van der Waals surface area (Å²) in [7, 11) is 0. The molecule has 1 N–H and O–H groups in total. The molecule has 0 radical (unpaired) electrons. The number of hydrogen-bond acceptors (Lipinski definition) is 2. The van der Waals surface area contributed by atoms with E-state index in [-0.39, 0.29) is 0 Å². The maximum atomic E-state index is 10.2. The Hall–Kier alpha value is -2.40. The molecule has 1 heterocycles. The molecule has 0 aromatic heterocycles. The molecule has 1 aliphatic rings. The van der Waals surface area contributed by atoms with Gasteiger partial charge in [0.15, 0.2) is 5.60 Å². The zero-order valence-corrected chi connectivity index (χ0v) is 14.2. The summed E-state index contributed by atoms with van der Waals surface area (Å²) in [6.07, 6.45) is 1.69. The minimum absolute atomic E-state index is 0.392. The van der Waals surface area contributed by atoms with Crippen LogP contribution in [0.25, 0.3) is 0 Å². The summed E-state index contributed by atoms with van der Waals surface area (Å²) < 4.78 is 6.30. The van der Waals surface area contributed by atoms with E-state index in [4.69, 9.17) is 4.74 Å². The highest BCUT2D eigenvalue weighted by Gasteiger charge is 2.33. The minimum Gasteiger partial charge on any atom is -0.507 e. The van der Waals surface area contributed by atoms with Gasteiger partial charge in [-0.05, 0) is 62.9 Å². The molecule has 0 amide bonds. The van der Waals surface area contributed by atoms with E-state index >= 15 is 0 Å². The SMILES string of the molecule is Cc1c(C)c2c(c(C)c1O)CCC(C)(C#Cc1ccccc1)O2. The van der Waals surface area contributed by atoms with E-state index in [2.05, 4.69) is 11.8 Å². The molecule has 0 aliphatic carbocycles. The third-order valence-electron chi connectivity index (χ3n) is 4.76. The van der Waals surface area contributed by atoms with Crippen molar-refractivity contribution < 1.29 is 9.84 Å². The van der Waals surface area contributed by atoms with Crippen molar-refractivity contribution in [1.29, 1.82) is 0 Å². The summed E-state index contributed by atoms with van der Waals surface area (Å²) in [6, 6.07) is 9.98. The smallest absolute Gasteiger partial charge is 0.167 e. The summed E-state index contributed by atoms with van der Waals surface area (Å²) in [5.74, 6) is 7.81. The van der Waals surface area contributed by atoms with Crippen molar-refractivity contribution in [2.75, 3.05) is 0 Å². The molecule has 2 aromatic carbocycles. The summed E-state index contributed by atoms with van der Waals surface area (Å²) in [6.45, 7) is 7.94. The van der Waals surface area contributed by atoms with Crippen molar-refractivity contribution in [3.05, 3.63) is 58.1 Å². The van der Waals surface area contributed by atoms with Crippen LogP contribution in [0.15, 0.2) is 30.3 Å². The topological polar surface area (TPSA) is 29.5 Å². The van der Waals surface area contributed by atoms with Gasteiger partial charge in [-0.1, -0.05) is 30.0 Å². The molecule has 0 fully saturated rings. The van der Waals surface area contributed by atoms with E-state index in [1.165, 1.54) is 0 Å². The van der Waals surface area contributed by atoms with Gasteiger partial charge >= 0.3 is 0 Å². The molecule has 2 aromatic rings. The lowest BCUT2D eigenvalue weighted by Gasteiger charge is -2.34. The Kier molecular flexibility index (Phi) is 3.82. The van der Waals surface area contributed by atoms with E-state index in [9.17, 15) is 5.11 Å². The van der Waals surface area contributed by atoms with Crippen LogP contribution in [0.5, 0.6) is 11.5 Å². The summed E-state index contributed by atoms with van der Waals surface area (Å²) in [5, 5.41) is 10.2. The van der Waals surface area contributed by atoms with Crippen LogP contribution in [0, 0.1) is 32.6 Å². The van der Waals surface area contributed by atoms with E-state index in [1.807, 2.05) is 58.0 Å². The van der Waals surface area contributed by atoms with Gasteiger partial charge in [0, 0.05) is 17.5 Å². The monoisotopic (exact) mass is 306 g/mol. The molecule has 1 atom stereocenters. The molecular formula is C21H22O2. The Morgan fingerprint density at radius 3 is 2.43 bits per heavy atom. The number of rotatable bonds is 0. The Morgan fingerprint density at radius 2 is 1.74 bits per heavy atom. The van der Waals surface area contributed by atoms with E-state index in [0.717, 1.165) is 46.4 Å². The normalized spacial score (nSPS) is 19.3. The number of phenolic OH excluding ortho intramolecular Hbond substituents is 1. The molecule has 118 valence electrons. The Morgan fingerprint density at radius 1 is 1.04 bits per heavy atom. The fourth-order valence-electron chi connectivity index (χ4n) is 3.06. The predicted molar refractivity (Wildman–Crippen MR) is 93.0 cm³/mol. The molecule has 0 bridgehead atoms. The summed E-state index contributed by atoms with van der Waals surface area (Å²) in [4.78, 5) is 0. The molecule has 0 saturated carbocycles. The predicted octanol–water partition coefficient (Wildman–Crippen LogP) is 4.45. The molecule has 1 unspecified atom stereocenters. The Bertz CT molecular complexity index is 809. The number of ether oxygens (including phenoxy) is 1. The highest BCUT2D eigenvalue weighted by atomic mass is 16.5. The first-order valence-corrected chi connectivity index (χ1v) is 8.00. The van der Waals surface area contributed by atoms with Crippen LogP contribution in [0.4, 0.5) is 0 Å². The molecule has 23 heavy (non-hydrogen) atoms. The first-order chi connectivity index (χ1) is 10.9. The maximum Gasteiger partial charge on any atom is 0.167 e. The lowest BCUT2D eigenvalue weighted by molar-refractivity contribution is 0.122. The highest BCUT2D eigenvalue weighted by Crippen LogP contribution is 2.43. The van der Waals surface area contributed by atoms with Crippen LogP contribution in [-0.2, 0) is 6.42 Å². The highest BCUT2D eigenvalue weighted by molar-refractivity contribution is 5.58. The minimum atomic E-state index is -0.497. The quantitative estimate of drug-likeness (QED) is 0.729. The van der Waals surface area contributed by atoms with Crippen LogP contribution in [-0.4, -0.2) is 10.7 Å². The van der Waals surface area contributed by atoms with Gasteiger partial charge in [-0.15, -0.1) is 0 Å². The van der Waals surface area contributed by atoms with Crippen molar-refractivity contribution >= 4 is 0 Å². The van der Waals surface area contributed by atoms with Gasteiger partial charge in [0.25, 0.3) is 0 Å². The molecule has 1 aliphatic heterocycles. The largest absolute Gasteiger partial charge is 0.507 e. The van der Waals surface area contributed by atoms with Crippen LogP contribution in [0.2, 0.25) is 0 Å². The third kappa shape index (κ3) is 2.80. The van der Waals surface area contributed by atoms with Gasteiger partial charge in [-0.2, -0.15) is 0 Å². The average molecular weight is 306 g/mol. The summed E-state index contributed by atoms with van der Waals surface area (Å²) in [5.41, 5.74) is 4.45. The first kappa shape index (κ1) is 15.5. The van der Waals surface area contributed by atoms with Crippen LogP contribution in [0.3, 0.4) is 0 Å². The average Bonchev–Trinajstić information content (AvgIpc) is 2.57. The standard InChI is InChI=1S/C21H22O2/c1-14-15(2)20-18(16(3)19(14)22)11-13-21(4,23-20)12-10-17-8-6-5-7-9-17/h5-9,22H,11,13H2,1-4H3. The first-order valence-electron chi connectivity index (χ1n) is 8.00. The fraction of sp³-hybridized carbons (Fsp3) is 0.333. The third-order valence-corrected chi connectivity index (χ3v) is 4.76. The zero-order valence-electron chi connectivity index (χ0n) is 14.2. The van der Waals surface area contributed by atoms with Crippen molar-refractivity contribution in [3.63, 3.8) is 0 Å². The van der Waals surface area contributed by atoms with Crippen LogP contribution >= 0.6 is 0 Å². The van der Waals surface area contributed by atoms with Gasteiger partial charge < -0.3 is 9.84 Å². The Balaban J connectivity index is 1.98. The molecule has 2 heteroatoms.